The van der Waals surface area contributed by atoms with Crippen molar-refractivity contribution in [2.24, 2.45) is 0 Å². The molecule has 10 nitrogen and oxygen atoms in total. The molecule has 2 aromatic carbocycles. The van der Waals surface area contributed by atoms with Crippen LogP contribution in [0.15, 0.2) is 42.5 Å². The van der Waals surface area contributed by atoms with Gasteiger partial charge in [0.15, 0.2) is 0 Å². The number of benzene rings is 2. The van der Waals surface area contributed by atoms with Crippen LogP contribution in [0.2, 0.25) is 0 Å². The fourth-order valence-corrected chi connectivity index (χ4v) is 5.76. The van der Waals surface area contributed by atoms with Gasteiger partial charge in [-0.05, 0) is 88.3 Å². The molecule has 2 aliphatic heterocycles. The number of hydrogen-bond acceptors (Lipinski definition) is 7. The molecule has 2 aromatic rings. The second-order valence-electron chi connectivity index (χ2n) is 13.1. The second-order valence-corrected chi connectivity index (χ2v) is 13.1. The minimum atomic E-state index is -0.983. The molecule has 1 saturated heterocycles. The summed E-state index contributed by atoms with van der Waals surface area (Å²) >= 11 is 0. The van der Waals surface area contributed by atoms with Crippen molar-refractivity contribution >= 4 is 35.5 Å². The van der Waals surface area contributed by atoms with Gasteiger partial charge in [-0.15, -0.1) is 0 Å². The highest BCUT2D eigenvalue weighted by Crippen LogP contribution is 2.28. The first-order valence-electron chi connectivity index (χ1n) is 16.4. The van der Waals surface area contributed by atoms with Gasteiger partial charge in [0, 0.05) is 24.9 Å². The Morgan fingerprint density at radius 1 is 0.826 bits per heavy atom. The molecule has 0 aromatic heterocycles. The number of esters is 1. The zero-order chi connectivity index (χ0) is 33.3. The van der Waals surface area contributed by atoms with Crippen LogP contribution in [0.5, 0.6) is 0 Å². The third-order valence-electron chi connectivity index (χ3n) is 8.19. The summed E-state index contributed by atoms with van der Waals surface area (Å²) in [5.74, 6) is -2.29. The second kappa shape index (κ2) is 15.8. The van der Waals surface area contributed by atoms with Gasteiger partial charge in [-0.3, -0.25) is 39.0 Å². The molecule has 0 saturated carbocycles. The average molecular weight is 632 g/mol. The maximum atomic E-state index is 13.1. The van der Waals surface area contributed by atoms with E-state index >= 15 is 0 Å². The predicted molar refractivity (Wildman–Crippen MR) is 172 cm³/mol. The lowest BCUT2D eigenvalue weighted by Gasteiger charge is -2.27. The zero-order valence-electron chi connectivity index (χ0n) is 27.1. The Labute approximate surface area is 270 Å². The molecule has 2 heterocycles. The zero-order valence-corrected chi connectivity index (χ0v) is 27.1. The van der Waals surface area contributed by atoms with Crippen molar-refractivity contribution in [2.75, 3.05) is 6.54 Å². The highest BCUT2D eigenvalue weighted by Gasteiger charge is 2.44. The van der Waals surface area contributed by atoms with Gasteiger partial charge < -0.3 is 10.1 Å². The topological polar surface area (TPSA) is 139 Å². The molecule has 0 radical (unpaired) electrons. The number of nitrogens with one attached hydrogen (secondary N) is 2. The monoisotopic (exact) mass is 631 g/mol. The van der Waals surface area contributed by atoms with Crippen LogP contribution in [-0.4, -0.2) is 58.6 Å². The van der Waals surface area contributed by atoms with E-state index < -0.39 is 35.3 Å². The van der Waals surface area contributed by atoms with E-state index in [1.807, 2.05) is 51.1 Å². The van der Waals surface area contributed by atoms with Gasteiger partial charge in [-0.2, -0.15) is 0 Å². The van der Waals surface area contributed by atoms with Crippen molar-refractivity contribution in [1.82, 2.24) is 15.5 Å². The average Bonchev–Trinajstić information content (AvgIpc) is 3.25. The van der Waals surface area contributed by atoms with Gasteiger partial charge in [0.1, 0.15) is 11.6 Å². The first-order valence-corrected chi connectivity index (χ1v) is 16.4. The molecule has 246 valence electrons. The Hall–Kier alpha value is -4.34. The van der Waals surface area contributed by atoms with Crippen LogP contribution in [0.1, 0.15) is 127 Å². The van der Waals surface area contributed by atoms with Crippen molar-refractivity contribution in [2.45, 2.75) is 109 Å². The SMILES string of the molecule is CC(C)(C)OC(=O)CCCCCCCCCNC(=O)c1ccc(CCc2ccc3c(c2)C(=O)N(C2CCC(=O)NC2=O)C3=O)cc1. The highest BCUT2D eigenvalue weighted by molar-refractivity contribution is 6.23. The number of unbranched alkanes of at least 4 members (excludes halogenated alkanes) is 6. The lowest BCUT2D eigenvalue weighted by Crippen LogP contribution is -2.54. The van der Waals surface area contributed by atoms with Gasteiger partial charge in [-0.25, -0.2) is 0 Å². The summed E-state index contributed by atoms with van der Waals surface area (Å²) in [7, 11) is 0. The normalized spacial score (nSPS) is 16.3. The molecule has 1 atom stereocenters. The number of hydrogen-bond donors (Lipinski definition) is 2. The Bertz CT molecular complexity index is 1460. The van der Waals surface area contributed by atoms with Crippen molar-refractivity contribution in [3.63, 3.8) is 0 Å². The summed E-state index contributed by atoms with van der Waals surface area (Å²) in [6.45, 7) is 6.26. The molecule has 4 rings (SSSR count). The Balaban J connectivity index is 1.13. The summed E-state index contributed by atoms with van der Waals surface area (Å²) in [5.41, 5.74) is 2.63. The minimum Gasteiger partial charge on any atom is -0.460 e. The number of rotatable bonds is 15. The quantitative estimate of drug-likeness (QED) is 0.159. The first-order chi connectivity index (χ1) is 21.9. The molecule has 1 fully saturated rings. The van der Waals surface area contributed by atoms with Crippen molar-refractivity contribution in [1.29, 1.82) is 0 Å². The van der Waals surface area contributed by atoms with Crippen LogP contribution in [-0.2, 0) is 32.0 Å². The minimum absolute atomic E-state index is 0.0808. The van der Waals surface area contributed by atoms with E-state index in [0.717, 1.165) is 61.0 Å². The molecule has 2 aliphatic rings. The van der Waals surface area contributed by atoms with Crippen molar-refractivity contribution in [3.8, 4) is 0 Å². The number of piperidine rings is 1. The van der Waals surface area contributed by atoms with E-state index in [0.29, 0.717) is 31.4 Å². The number of carbonyl (C=O) groups excluding carboxylic acids is 6. The van der Waals surface area contributed by atoms with Gasteiger partial charge in [0.2, 0.25) is 11.8 Å². The molecule has 0 spiro atoms. The number of aryl methyl sites for hydroxylation is 2. The van der Waals surface area contributed by atoms with Gasteiger partial charge in [0.25, 0.3) is 17.7 Å². The van der Waals surface area contributed by atoms with E-state index in [1.165, 1.54) is 0 Å². The third-order valence-corrected chi connectivity index (χ3v) is 8.19. The summed E-state index contributed by atoms with van der Waals surface area (Å²) in [4.78, 5) is 75.0. The summed E-state index contributed by atoms with van der Waals surface area (Å²) in [6, 6.07) is 11.6. The molecular weight excluding hydrogens is 586 g/mol. The number of ether oxygens (including phenoxy) is 1. The summed E-state index contributed by atoms with van der Waals surface area (Å²) < 4.78 is 5.33. The van der Waals surface area contributed by atoms with Crippen LogP contribution in [0.3, 0.4) is 0 Å². The van der Waals surface area contributed by atoms with E-state index in [1.54, 1.807) is 12.1 Å². The lowest BCUT2D eigenvalue weighted by atomic mass is 9.99. The van der Waals surface area contributed by atoms with Gasteiger partial charge in [0.05, 0.1) is 11.1 Å². The number of imide groups is 2. The molecule has 1 unspecified atom stereocenters. The number of amides is 5. The van der Waals surface area contributed by atoms with Crippen LogP contribution in [0.4, 0.5) is 0 Å². The third kappa shape index (κ3) is 9.58. The van der Waals surface area contributed by atoms with Crippen molar-refractivity contribution in [3.05, 3.63) is 70.3 Å². The lowest BCUT2D eigenvalue weighted by molar-refractivity contribution is -0.155. The van der Waals surface area contributed by atoms with E-state index in [9.17, 15) is 28.8 Å². The Morgan fingerprint density at radius 3 is 2.11 bits per heavy atom. The van der Waals surface area contributed by atoms with Gasteiger partial charge >= 0.3 is 5.97 Å². The summed E-state index contributed by atoms with van der Waals surface area (Å²) in [5, 5.41) is 5.19. The van der Waals surface area contributed by atoms with Crippen LogP contribution in [0, 0.1) is 0 Å². The molecular formula is C36H45N3O7. The molecule has 0 aliphatic carbocycles. The molecule has 46 heavy (non-hydrogen) atoms. The maximum Gasteiger partial charge on any atom is 0.306 e. The first kappa shape index (κ1) is 34.5. The van der Waals surface area contributed by atoms with Crippen LogP contribution < -0.4 is 10.6 Å². The fourth-order valence-electron chi connectivity index (χ4n) is 5.76. The Kier molecular flexibility index (Phi) is 11.8. The number of fused-ring (bicyclic) bond motifs is 1. The maximum absolute atomic E-state index is 13.1. The highest BCUT2D eigenvalue weighted by atomic mass is 16.6. The number of nitrogens with zero attached hydrogens (tertiary/aromatic N) is 1. The van der Waals surface area contributed by atoms with Gasteiger partial charge in [-0.1, -0.05) is 50.3 Å². The van der Waals surface area contributed by atoms with Crippen molar-refractivity contribution < 1.29 is 33.5 Å². The molecule has 0 bridgehead atoms. The molecule has 10 heteroatoms. The molecule has 5 amide bonds. The largest absolute Gasteiger partial charge is 0.460 e. The van der Waals surface area contributed by atoms with E-state index in [2.05, 4.69) is 10.6 Å². The predicted octanol–water partition coefficient (Wildman–Crippen LogP) is 5.07. The standard InChI is InChI=1S/C36H45N3O7/c1-36(2,3)46-31(41)11-9-7-5-4-6-8-10-22-37-32(42)26-17-14-24(15-18-26)12-13-25-16-19-27-28(23-25)35(45)39(34(27)44)29-20-21-30(40)38-33(29)43/h14-19,23,29H,4-13,20-22H2,1-3H3,(H,37,42)(H,38,40,43). The fraction of sp³-hybridized carbons (Fsp3) is 0.500. The van der Waals surface area contributed by atoms with Crippen LogP contribution >= 0.6 is 0 Å². The number of carbonyl (C=O) groups is 6. The Morgan fingerprint density at radius 2 is 1.43 bits per heavy atom. The summed E-state index contributed by atoms with van der Waals surface area (Å²) in [6.07, 6.45) is 9.13. The van der Waals surface area contributed by atoms with E-state index in [-0.39, 0.29) is 35.8 Å². The van der Waals surface area contributed by atoms with Crippen LogP contribution in [0.25, 0.3) is 0 Å². The molecule has 2 N–H and O–H groups in total. The van der Waals surface area contributed by atoms with E-state index in [4.69, 9.17) is 4.74 Å². The smallest absolute Gasteiger partial charge is 0.306 e.